The number of hydrogen-bond acceptors (Lipinski definition) is 4. The lowest BCUT2D eigenvalue weighted by Crippen LogP contribution is -2.42. The van der Waals surface area contributed by atoms with Crippen molar-refractivity contribution in [3.8, 4) is 0 Å². The number of nitrogens with one attached hydrogen (secondary N) is 3. The topological polar surface area (TPSA) is 82.7 Å². The van der Waals surface area contributed by atoms with Crippen LogP contribution >= 0.6 is 0 Å². The van der Waals surface area contributed by atoms with Crippen LogP contribution < -0.4 is 10.6 Å². The maximum absolute atomic E-state index is 13.4. The molecule has 176 valence electrons. The van der Waals surface area contributed by atoms with Crippen molar-refractivity contribution in [2.75, 3.05) is 5.32 Å². The van der Waals surface area contributed by atoms with E-state index in [0.717, 1.165) is 31.5 Å². The molecule has 1 aromatic carbocycles. The number of fused-ring (bicyclic) bond motifs is 2. The van der Waals surface area contributed by atoms with Gasteiger partial charge in [0.25, 0.3) is 5.91 Å². The van der Waals surface area contributed by atoms with E-state index in [2.05, 4.69) is 25.6 Å². The fourth-order valence-electron chi connectivity index (χ4n) is 4.49. The molecule has 0 bridgehead atoms. The van der Waals surface area contributed by atoms with Crippen LogP contribution in [0.3, 0.4) is 0 Å². The Bertz CT molecular complexity index is 1370. The predicted molar refractivity (Wildman–Crippen MR) is 120 cm³/mol. The average molecular weight is 471 g/mol. The van der Waals surface area contributed by atoms with Crippen LogP contribution in [0.4, 0.5) is 23.2 Å². The van der Waals surface area contributed by atoms with Gasteiger partial charge in [-0.3, -0.25) is 4.79 Å². The predicted octanol–water partition coefficient (Wildman–Crippen LogP) is 5.42. The van der Waals surface area contributed by atoms with Crippen LogP contribution in [0, 0.1) is 5.82 Å². The number of para-hydroxylation sites is 1. The molecule has 3 N–H and O–H groups in total. The quantitative estimate of drug-likeness (QED) is 0.347. The van der Waals surface area contributed by atoms with Crippen molar-refractivity contribution in [1.29, 1.82) is 0 Å². The Balaban J connectivity index is 1.32. The Hall–Kier alpha value is -3.69. The number of halogens is 4. The number of nitrogens with zero attached hydrogens (tertiary/aromatic N) is 2. The van der Waals surface area contributed by atoms with Crippen molar-refractivity contribution >= 4 is 33.5 Å². The third-order valence-electron chi connectivity index (χ3n) is 6.06. The van der Waals surface area contributed by atoms with Gasteiger partial charge in [0.15, 0.2) is 0 Å². The fraction of sp³-hybridized carbons (Fsp3) is 0.292. The number of rotatable bonds is 4. The molecule has 2 atom stereocenters. The number of H-pyrrole nitrogens is 1. The van der Waals surface area contributed by atoms with Gasteiger partial charge in [-0.25, -0.2) is 14.4 Å². The maximum Gasteiger partial charge on any atom is 0.433 e. The van der Waals surface area contributed by atoms with Crippen LogP contribution in [0.1, 0.15) is 41.9 Å². The molecule has 0 radical (unpaired) electrons. The Morgan fingerprint density at radius 3 is 2.71 bits per heavy atom. The molecule has 1 aliphatic carbocycles. The number of amides is 1. The van der Waals surface area contributed by atoms with Gasteiger partial charge in [-0.2, -0.15) is 13.2 Å². The molecule has 0 saturated heterocycles. The van der Waals surface area contributed by atoms with Gasteiger partial charge in [-0.15, -0.1) is 0 Å². The summed E-state index contributed by atoms with van der Waals surface area (Å²) in [6.45, 7) is 0. The summed E-state index contributed by atoms with van der Waals surface area (Å²) in [5.74, 6) is -0.824. The van der Waals surface area contributed by atoms with E-state index in [1.54, 1.807) is 30.3 Å². The summed E-state index contributed by atoms with van der Waals surface area (Å²) in [5, 5.41) is 7.34. The summed E-state index contributed by atoms with van der Waals surface area (Å²) < 4.78 is 53.5. The Morgan fingerprint density at radius 2 is 1.88 bits per heavy atom. The summed E-state index contributed by atoms with van der Waals surface area (Å²) in [6.07, 6.45) is -0.609. The van der Waals surface area contributed by atoms with Crippen LogP contribution in [0.5, 0.6) is 0 Å². The Kier molecular flexibility index (Phi) is 5.59. The molecule has 0 aliphatic heterocycles. The van der Waals surface area contributed by atoms with Gasteiger partial charge in [0.05, 0.1) is 11.7 Å². The highest BCUT2D eigenvalue weighted by molar-refractivity contribution is 5.97. The minimum absolute atomic E-state index is 0.121. The molecule has 0 spiro atoms. The number of hydrogen-bond donors (Lipinski definition) is 3. The van der Waals surface area contributed by atoms with E-state index in [1.807, 2.05) is 0 Å². The van der Waals surface area contributed by atoms with Crippen LogP contribution in [0.25, 0.3) is 21.9 Å². The molecule has 34 heavy (non-hydrogen) atoms. The molecule has 1 aliphatic rings. The van der Waals surface area contributed by atoms with E-state index in [-0.39, 0.29) is 29.2 Å². The van der Waals surface area contributed by atoms with E-state index < -0.39 is 17.7 Å². The monoisotopic (exact) mass is 471 g/mol. The first-order chi connectivity index (χ1) is 16.3. The molecule has 3 aromatic heterocycles. The number of aromatic nitrogens is 3. The van der Waals surface area contributed by atoms with Gasteiger partial charge in [0, 0.05) is 28.5 Å². The number of aromatic amines is 1. The first-order valence-corrected chi connectivity index (χ1v) is 10.9. The third kappa shape index (κ3) is 4.52. The highest BCUT2D eigenvalue weighted by atomic mass is 19.4. The lowest BCUT2D eigenvalue weighted by atomic mass is 9.90. The SMILES string of the molecule is O=C(N[C@@H]1CCC[C@H](Nc2cc(C(F)(F)F)nc3ccccc23)C1)c1cc2cc(F)cnc2[nH]1. The number of pyridine rings is 2. The third-order valence-corrected chi connectivity index (χ3v) is 6.06. The Labute approximate surface area is 191 Å². The Morgan fingerprint density at radius 1 is 1.09 bits per heavy atom. The molecule has 5 rings (SSSR count). The van der Waals surface area contributed by atoms with Crippen molar-refractivity contribution in [3.63, 3.8) is 0 Å². The van der Waals surface area contributed by atoms with Crippen molar-refractivity contribution in [2.45, 2.75) is 43.9 Å². The van der Waals surface area contributed by atoms with Crippen LogP contribution in [-0.4, -0.2) is 32.9 Å². The van der Waals surface area contributed by atoms with E-state index in [1.165, 1.54) is 6.07 Å². The lowest BCUT2D eigenvalue weighted by Gasteiger charge is -2.31. The van der Waals surface area contributed by atoms with Crippen LogP contribution in [-0.2, 0) is 6.18 Å². The second-order valence-electron chi connectivity index (χ2n) is 8.52. The second kappa shape index (κ2) is 8.58. The maximum atomic E-state index is 13.4. The number of anilines is 1. The molecule has 3 heterocycles. The van der Waals surface area contributed by atoms with Gasteiger partial charge >= 0.3 is 6.18 Å². The van der Waals surface area contributed by atoms with E-state index in [9.17, 15) is 22.4 Å². The number of alkyl halides is 3. The van der Waals surface area contributed by atoms with Gasteiger partial charge in [0.2, 0.25) is 0 Å². The van der Waals surface area contributed by atoms with Crippen molar-refractivity contribution in [1.82, 2.24) is 20.3 Å². The smallest absolute Gasteiger partial charge is 0.382 e. The van der Waals surface area contributed by atoms with Crippen molar-refractivity contribution < 1.29 is 22.4 Å². The van der Waals surface area contributed by atoms with Gasteiger partial charge in [0.1, 0.15) is 22.9 Å². The largest absolute Gasteiger partial charge is 0.433 e. The van der Waals surface area contributed by atoms with Gasteiger partial charge < -0.3 is 15.6 Å². The minimum Gasteiger partial charge on any atom is -0.382 e. The summed E-state index contributed by atoms with van der Waals surface area (Å²) in [4.78, 5) is 23.3. The summed E-state index contributed by atoms with van der Waals surface area (Å²) in [5.41, 5.74) is 0.388. The minimum atomic E-state index is -4.55. The zero-order chi connectivity index (χ0) is 23.9. The summed E-state index contributed by atoms with van der Waals surface area (Å²) in [7, 11) is 0. The van der Waals surface area contributed by atoms with Crippen LogP contribution in [0.2, 0.25) is 0 Å². The molecular formula is C24H21F4N5O. The molecule has 10 heteroatoms. The highest BCUT2D eigenvalue weighted by Crippen LogP contribution is 2.34. The van der Waals surface area contributed by atoms with Crippen molar-refractivity contribution in [2.24, 2.45) is 0 Å². The van der Waals surface area contributed by atoms with Gasteiger partial charge in [-0.05, 0) is 49.9 Å². The van der Waals surface area contributed by atoms with E-state index in [4.69, 9.17) is 0 Å². The number of benzene rings is 1. The summed E-state index contributed by atoms with van der Waals surface area (Å²) >= 11 is 0. The summed E-state index contributed by atoms with van der Waals surface area (Å²) in [6, 6.07) is 10.3. The first kappa shape index (κ1) is 22.1. The van der Waals surface area contributed by atoms with Gasteiger partial charge in [-0.1, -0.05) is 18.2 Å². The zero-order valence-electron chi connectivity index (χ0n) is 17.9. The van der Waals surface area contributed by atoms with E-state index >= 15 is 0 Å². The van der Waals surface area contributed by atoms with Crippen molar-refractivity contribution in [3.05, 3.63) is 65.9 Å². The van der Waals surface area contributed by atoms with E-state index in [0.29, 0.717) is 28.5 Å². The first-order valence-electron chi connectivity index (χ1n) is 10.9. The molecule has 4 aromatic rings. The number of carbonyl (C=O) groups excluding carboxylic acids is 1. The molecule has 1 saturated carbocycles. The normalized spacial score (nSPS) is 18.8. The highest BCUT2D eigenvalue weighted by Gasteiger charge is 2.34. The second-order valence-corrected chi connectivity index (χ2v) is 8.52. The van der Waals surface area contributed by atoms with Crippen LogP contribution in [0.15, 0.2) is 48.7 Å². The average Bonchev–Trinajstić information content (AvgIpc) is 3.22. The zero-order valence-corrected chi connectivity index (χ0v) is 17.9. The molecule has 1 fully saturated rings. The molecule has 1 amide bonds. The fourth-order valence-corrected chi connectivity index (χ4v) is 4.49. The molecule has 0 unspecified atom stereocenters. The lowest BCUT2D eigenvalue weighted by molar-refractivity contribution is -0.140. The molecular weight excluding hydrogens is 450 g/mol. The molecule has 6 nitrogen and oxygen atoms in total. The standard InChI is InChI=1S/C24H21F4N5O/c25-14-8-13-9-20(33-22(13)29-12-14)23(34)31-16-5-3-4-15(10-16)30-19-11-21(24(26,27)28)32-18-7-2-1-6-17(18)19/h1-2,6-9,11-12,15-16H,3-5,10H2,(H,29,33)(H,30,32)(H,31,34)/t15-,16+/m0/s1. The number of carbonyl (C=O) groups is 1.